The summed E-state index contributed by atoms with van der Waals surface area (Å²) in [6.45, 7) is 2.89. The van der Waals surface area contributed by atoms with Gasteiger partial charge in [-0.2, -0.15) is 0 Å². The Morgan fingerprint density at radius 2 is 1.47 bits per heavy atom. The lowest BCUT2D eigenvalue weighted by molar-refractivity contribution is -0.384. The maximum atomic E-state index is 13.9. The number of nitrogens with zero attached hydrogens (tertiary/aromatic N) is 1. The van der Waals surface area contributed by atoms with Crippen molar-refractivity contribution in [1.29, 1.82) is 0 Å². The maximum absolute atomic E-state index is 13.9. The Kier molecular flexibility index (Phi) is 15.4. The molecule has 0 heterocycles. The Bertz CT molecular complexity index is 2560. The zero-order chi connectivity index (χ0) is 42.6. The van der Waals surface area contributed by atoms with E-state index in [0.29, 0.717) is 36.4 Å². The van der Waals surface area contributed by atoms with E-state index in [2.05, 4.69) is 60.5 Å². The molecule has 60 heavy (non-hydrogen) atoms. The third-order valence-electron chi connectivity index (χ3n) is 9.48. The second-order valence-corrected chi connectivity index (χ2v) is 18.0. The van der Waals surface area contributed by atoms with Crippen LogP contribution < -0.4 is 24.8 Å². The number of sulfonamides is 1. The van der Waals surface area contributed by atoms with Crippen LogP contribution in [0.25, 0.3) is 10.8 Å². The standard InChI is InChI=1S/C45H42I2N4O8S/c1-30-16-18-32(19-17-30)28-43(52)49-40(27-33-25-37(46)44(38(47)26-33)59-24-23-58-42-15-7-13-34-12-5-6-14-36(34)42)45(53)50-60(56,57)35-20-21-39(41(29-35)51(54)55)48-22-8-11-31-9-3-2-4-10-31/h2-7,9-10,12-21,25-26,29,40,48H,8,11,22-24,27-28H2,1H3,(H,49,52)(H,50,53)/t40-/m0/s1. The first kappa shape index (κ1) is 44.3. The number of fused-ring (bicyclic) bond motifs is 1. The molecule has 6 aromatic rings. The third kappa shape index (κ3) is 12.2. The van der Waals surface area contributed by atoms with Crippen molar-refractivity contribution in [3.63, 3.8) is 0 Å². The lowest BCUT2D eigenvalue weighted by Gasteiger charge is -2.20. The molecule has 1 atom stereocenters. The largest absolute Gasteiger partial charge is 0.489 e. The zero-order valence-corrected chi connectivity index (χ0v) is 37.7. The highest BCUT2D eigenvalue weighted by atomic mass is 127. The Hall–Kier alpha value is -5.27. The summed E-state index contributed by atoms with van der Waals surface area (Å²) in [4.78, 5) is 38.1. The maximum Gasteiger partial charge on any atom is 0.293 e. The molecule has 0 bridgehead atoms. The molecule has 6 rings (SSSR count). The number of amides is 2. The summed E-state index contributed by atoms with van der Waals surface area (Å²) < 4.78 is 42.9. The van der Waals surface area contributed by atoms with Crippen molar-refractivity contribution < 1.29 is 32.4 Å². The number of carbonyl (C=O) groups is 2. The number of halogens is 2. The molecule has 0 saturated heterocycles. The first-order valence-electron chi connectivity index (χ1n) is 19.1. The highest BCUT2D eigenvalue weighted by molar-refractivity contribution is 14.1. The van der Waals surface area contributed by atoms with Crippen LogP contribution in [0, 0.1) is 24.2 Å². The number of nitrogens with one attached hydrogen (secondary N) is 3. The summed E-state index contributed by atoms with van der Waals surface area (Å²) in [6, 6.07) is 36.7. The van der Waals surface area contributed by atoms with Gasteiger partial charge in [0.1, 0.15) is 36.4 Å². The van der Waals surface area contributed by atoms with Crippen LogP contribution in [0.1, 0.15) is 28.7 Å². The number of ether oxygens (including phenoxy) is 2. The summed E-state index contributed by atoms with van der Waals surface area (Å²) >= 11 is 4.27. The van der Waals surface area contributed by atoms with Gasteiger partial charge in [-0.05, 0) is 117 Å². The summed E-state index contributed by atoms with van der Waals surface area (Å²) in [5.41, 5.74) is 3.17. The summed E-state index contributed by atoms with van der Waals surface area (Å²) in [5, 5.41) is 19.9. The molecule has 0 aliphatic heterocycles. The summed E-state index contributed by atoms with van der Waals surface area (Å²) in [6.07, 6.45) is 1.32. The number of aryl methyl sites for hydroxylation is 2. The van der Waals surface area contributed by atoms with Crippen LogP contribution in [-0.2, 0) is 38.9 Å². The Labute approximate surface area is 375 Å². The molecule has 2 amide bonds. The first-order valence-corrected chi connectivity index (χ1v) is 22.7. The van der Waals surface area contributed by atoms with Crippen LogP contribution in [0.15, 0.2) is 132 Å². The highest BCUT2D eigenvalue weighted by Crippen LogP contribution is 2.31. The van der Waals surface area contributed by atoms with E-state index < -0.39 is 43.4 Å². The van der Waals surface area contributed by atoms with Crippen LogP contribution in [0.2, 0.25) is 0 Å². The van der Waals surface area contributed by atoms with Crippen LogP contribution in [0.5, 0.6) is 11.5 Å². The van der Waals surface area contributed by atoms with Crippen LogP contribution in [-0.4, -0.2) is 51.0 Å². The number of nitro benzene ring substituents is 1. The van der Waals surface area contributed by atoms with Crippen molar-refractivity contribution in [2.45, 2.75) is 43.5 Å². The fraction of sp³-hybridized carbons (Fsp3) is 0.200. The van der Waals surface area contributed by atoms with Crippen molar-refractivity contribution in [2.75, 3.05) is 25.1 Å². The van der Waals surface area contributed by atoms with Crippen molar-refractivity contribution >= 4 is 89.2 Å². The summed E-state index contributed by atoms with van der Waals surface area (Å²) in [5.74, 6) is -0.131. The van der Waals surface area contributed by atoms with Gasteiger partial charge in [0.2, 0.25) is 5.91 Å². The van der Waals surface area contributed by atoms with Crippen molar-refractivity contribution in [3.8, 4) is 11.5 Å². The molecule has 3 N–H and O–H groups in total. The lowest BCUT2D eigenvalue weighted by atomic mass is 10.0. The van der Waals surface area contributed by atoms with Gasteiger partial charge in [-0.3, -0.25) is 19.7 Å². The number of benzene rings is 6. The molecule has 0 aromatic heterocycles. The summed E-state index contributed by atoms with van der Waals surface area (Å²) in [7, 11) is -4.62. The number of carbonyl (C=O) groups excluding carboxylic acids is 2. The lowest BCUT2D eigenvalue weighted by Crippen LogP contribution is -2.50. The topological polar surface area (TPSA) is 166 Å². The van der Waals surface area contributed by atoms with Crippen molar-refractivity contribution in [3.05, 3.63) is 167 Å². The number of hydrogen-bond donors (Lipinski definition) is 3. The van der Waals surface area contributed by atoms with Gasteiger partial charge in [-0.1, -0.05) is 96.6 Å². The van der Waals surface area contributed by atoms with E-state index in [9.17, 15) is 28.1 Å². The van der Waals surface area contributed by atoms with E-state index in [0.717, 1.165) is 47.3 Å². The quantitative estimate of drug-likeness (QED) is 0.0312. The molecule has 310 valence electrons. The molecule has 0 unspecified atom stereocenters. The molecule has 0 aliphatic rings. The fourth-order valence-electron chi connectivity index (χ4n) is 6.47. The van der Waals surface area contributed by atoms with E-state index in [1.807, 2.05) is 91.9 Å². The van der Waals surface area contributed by atoms with Gasteiger partial charge in [0.15, 0.2) is 0 Å². The minimum atomic E-state index is -4.62. The highest BCUT2D eigenvalue weighted by Gasteiger charge is 2.29. The van der Waals surface area contributed by atoms with Gasteiger partial charge in [0.05, 0.1) is 23.4 Å². The van der Waals surface area contributed by atoms with Gasteiger partial charge < -0.3 is 20.1 Å². The molecule has 0 saturated carbocycles. The van der Waals surface area contributed by atoms with Gasteiger partial charge in [0, 0.05) is 24.4 Å². The molecule has 12 nitrogen and oxygen atoms in total. The van der Waals surface area contributed by atoms with Crippen molar-refractivity contribution in [2.24, 2.45) is 0 Å². The predicted molar refractivity (Wildman–Crippen MR) is 249 cm³/mol. The van der Waals surface area contributed by atoms with E-state index in [1.54, 1.807) is 24.3 Å². The molecule has 15 heteroatoms. The molecular weight excluding hydrogens is 1010 g/mol. The van der Waals surface area contributed by atoms with Crippen molar-refractivity contribution in [1.82, 2.24) is 10.0 Å². The van der Waals surface area contributed by atoms with Crippen LogP contribution in [0.4, 0.5) is 11.4 Å². The van der Waals surface area contributed by atoms with Gasteiger partial charge in [-0.15, -0.1) is 0 Å². The second kappa shape index (κ2) is 20.8. The Balaban J connectivity index is 1.14. The van der Waals surface area contributed by atoms with Crippen LogP contribution >= 0.6 is 45.2 Å². The second-order valence-electron chi connectivity index (χ2n) is 14.0. The molecule has 0 aliphatic carbocycles. The first-order chi connectivity index (χ1) is 28.9. The van der Waals surface area contributed by atoms with Gasteiger partial charge >= 0.3 is 0 Å². The van der Waals surface area contributed by atoms with Gasteiger partial charge in [-0.25, -0.2) is 13.1 Å². The predicted octanol–water partition coefficient (Wildman–Crippen LogP) is 8.54. The average molecular weight is 1050 g/mol. The number of rotatable bonds is 19. The minimum absolute atomic E-state index is 0.0501. The zero-order valence-electron chi connectivity index (χ0n) is 32.5. The normalized spacial score (nSPS) is 11.7. The monoisotopic (exact) mass is 1050 g/mol. The molecular formula is C45H42I2N4O8S. The number of anilines is 1. The Morgan fingerprint density at radius 3 is 2.20 bits per heavy atom. The van der Waals surface area contributed by atoms with E-state index >= 15 is 0 Å². The van der Waals surface area contributed by atoms with E-state index in [4.69, 9.17) is 9.47 Å². The minimum Gasteiger partial charge on any atom is -0.489 e. The van der Waals surface area contributed by atoms with E-state index in [1.165, 1.54) is 12.1 Å². The number of nitro groups is 1. The molecule has 0 spiro atoms. The SMILES string of the molecule is Cc1ccc(CC(=O)N[C@@H](Cc2cc(I)c(OCCOc3cccc4ccccc34)c(I)c2)C(=O)NS(=O)(=O)c2ccc(NCCCc3ccccc3)c([N+](=O)[O-])c2)cc1. The van der Waals surface area contributed by atoms with E-state index in [-0.39, 0.29) is 25.1 Å². The van der Waals surface area contributed by atoms with Crippen LogP contribution in [0.3, 0.4) is 0 Å². The average Bonchev–Trinajstić information content (AvgIpc) is 3.22. The molecule has 0 fully saturated rings. The fourth-order valence-corrected chi connectivity index (χ4v) is 9.72. The van der Waals surface area contributed by atoms with Gasteiger partial charge in [0.25, 0.3) is 21.6 Å². The Morgan fingerprint density at radius 1 is 0.783 bits per heavy atom. The molecule has 0 radical (unpaired) electrons. The third-order valence-corrected chi connectivity index (χ3v) is 12.4. The molecule has 6 aromatic carbocycles. The number of hydrogen-bond acceptors (Lipinski definition) is 9. The smallest absolute Gasteiger partial charge is 0.293 e.